The van der Waals surface area contributed by atoms with E-state index in [1.807, 2.05) is 36.4 Å². The Morgan fingerprint density at radius 2 is 1.72 bits per heavy atom. The number of amides is 3. The number of aliphatic hydroxyl groups is 1. The maximum Gasteiger partial charge on any atom is 0.407 e. The number of fused-ring (bicyclic) bond motifs is 3. The third-order valence-electron chi connectivity index (χ3n) is 8.61. The van der Waals surface area contributed by atoms with Crippen LogP contribution < -0.4 is 10.6 Å². The van der Waals surface area contributed by atoms with Gasteiger partial charge in [-0.15, -0.1) is 13.2 Å². The number of aliphatic hydroxyl groups excluding tert-OH is 1. The molecule has 3 N–H and O–H groups in total. The van der Waals surface area contributed by atoms with Gasteiger partial charge < -0.3 is 30.1 Å². The molecule has 246 valence electrons. The fourth-order valence-corrected chi connectivity index (χ4v) is 6.19. The fourth-order valence-electron chi connectivity index (χ4n) is 6.19. The van der Waals surface area contributed by atoms with E-state index in [1.54, 1.807) is 24.0 Å². The number of alkyl carbamates (subject to hydrolysis) is 1. The molecule has 1 saturated heterocycles. The van der Waals surface area contributed by atoms with Crippen molar-refractivity contribution in [2.24, 2.45) is 5.92 Å². The normalized spacial score (nSPS) is 17.2. The van der Waals surface area contributed by atoms with Crippen LogP contribution in [0.1, 0.15) is 62.5 Å². The van der Waals surface area contributed by atoms with Gasteiger partial charge in [0.25, 0.3) is 0 Å². The van der Waals surface area contributed by atoms with E-state index >= 15 is 0 Å². The molecule has 3 amide bonds. The number of esters is 1. The number of likely N-dealkylation sites (tertiary alicyclic amines) is 1. The minimum Gasteiger partial charge on any atom is -0.459 e. The molecule has 2 aliphatic rings. The number of rotatable bonds is 16. The van der Waals surface area contributed by atoms with Gasteiger partial charge >= 0.3 is 12.1 Å². The molecule has 0 unspecified atom stereocenters. The molecule has 10 nitrogen and oxygen atoms in total. The molecular weight excluding hydrogens is 586 g/mol. The van der Waals surface area contributed by atoms with Crippen LogP contribution in [0.2, 0.25) is 0 Å². The summed E-state index contributed by atoms with van der Waals surface area (Å²) < 4.78 is 11.2. The molecule has 1 aliphatic heterocycles. The number of carbonyl (C=O) groups is 4. The Morgan fingerprint density at radius 3 is 2.35 bits per heavy atom. The zero-order valence-corrected chi connectivity index (χ0v) is 26.5. The Hall–Kier alpha value is -4.44. The van der Waals surface area contributed by atoms with Crippen molar-refractivity contribution in [2.75, 3.05) is 26.3 Å². The maximum atomic E-state index is 13.1. The van der Waals surface area contributed by atoms with Crippen molar-refractivity contribution in [3.05, 3.63) is 85.0 Å². The Bertz CT molecular complexity index is 1360. The summed E-state index contributed by atoms with van der Waals surface area (Å²) in [5.41, 5.74) is 4.40. The molecule has 0 spiro atoms. The molecule has 46 heavy (non-hydrogen) atoms. The SMILES string of the molecule is C=CCC[C@H](NC(=O)OCC1c2ccccc2-c2ccccc21)C(=O)O[C@@H](C)CNC(=O)[C@H](CC=C)CC(=O)N1CCC[C@H]1CO. The van der Waals surface area contributed by atoms with Gasteiger partial charge in [-0.1, -0.05) is 60.7 Å². The first-order chi connectivity index (χ1) is 22.3. The largest absolute Gasteiger partial charge is 0.459 e. The van der Waals surface area contributed by atoms with Crippen molar-refractivity contribution >= 4 is 23.9 Å². The summed E-state index contributed by atoms with van der Waals surface area (Å²) in [6, 6.07) is 14.9. The second kappa shape index (κ2) is 16.7. The van der Waals surface area contributed by atoms with Crippen LogP contribution in [-0.2, 0) is 23.9 Å². The number of allylic oxidation sites excluding steroid dienone is 2. The van der Waals surface area contributed by atoms with Crippen molar-refractivity contribution in [3.63, 3.8) is 0 Å². The molecule has 0 radical (unpaired) electrons. The second-order valence-electron chi connectivity index (χ2n) is 11.9. The van der Waals surface area contributed by atoms with E-state index in [-0.39, 0.29) is 56.4 Å². The quantitative estimate of drug-likeness (QED) is 0.184. The lowest BCUT2D eigenvalue weighted by Gasteiger charge is -2.25. The third-order valence-corrected chi connectivity index (χ3v) is 8.61. The monoisotopic (exact) mass is 631 g/mol. The molecule has 0 bridgehead atoms. The van der Waals surface area contributed by atoms with Gasteiger partial charge in [-0.3, -0.25) is 9.59 Å². The molecule has 1 aliphatic carbocycles. The number of benzene rings is 2. The predicted octanol–water partition coefficient (Wildman–Crippen LogP) is 4.47. The van der Waals surface area contributed by atoms with Gasteiger partial charge in [-0.2, -0.15) is 0 Å². The van der Waals surface area contributed by atoms with Gasteiger partial charge in [0.05, 0.1) is 25.1 Å². The first-order valence-corrected chi connectivity index (χ1v) is 16.0. The van der Waals surface area contributed by atoms with Crippen molar-refractivity contribution in [1.29, 1.82) is 0 Å². The molecule has 2 aromatic rings. The Labute approximate surface area is 270 Å². The summed E-state index contributed by atoms with van der Waals surface area (Å²) in [6.45, 7) is 9.65. The van der Waals surface area contributed by atoms with E-state index in [1.165, 1.54) is 0 Å². The van der Waals surface area contributed by atoms with Crippen LogP contribution in [0.25, 0.3) is 11.1 Å². The third kappa shape index (κ3) is 8.63. The summed E-state index contributed by atoms with van der Waals surface area (Å²) in [6.07, 6.45) is 4.39. The first kappa shape index (κ1) is 34.4. The molecule has 1 fully saturated rings. The summed E-state index contributed by atoms with van der Waals surface area (Å²) in [5.74, 6) is -1.94. The van der Waals surface area contributed by atoms with Crippen LogP contribution in [0.4, 0.5) is 4.79 Å². The topological polar surface area (TPSA) is 134 Å². The van der Waals surface area contributed by atoms with E-state index in [9.17, 15) is 24.3 Å². The van der Waals surface area contributed by atoms with E-state index in [0.717, 1.165) is 35.1 Å². The van der Waals surface area contributed by atoms with Gasteiger partial charge in [0, 0.05) is 18.9 Å². The molecule has 2 aromatic carbocycles. The minimum absolute atomic E-state index is 0.00376. The highest BCUT2D eigenvalue weighted by molar-refractivity contribution is 5.86. The average Bonchev–Trinajstić information content (AvgIpc) is 3.67. The Kier molecular flexibility index (Phi) is 12.5. The smallest absolute Gasteiger partial charge is 0.407 e. The van der Waals surface area contributed by atoms with Crippen LogP contribution in [0.15, 0.2) is 73.8 Å². The highest BCUT2D eigenvalue weighted by Crippen LogP contribution is 2.44. The average molecular weight is 632 g/mol. The maximum absolute atomic E-state index is 13.1. The number of carbonyl (C=O) groups excluding carboxylic acids is 4. The van der Waals surface area contributed by atoms with Crippen LogP contribution in [0.3, 0.4) is 0 Å². The van der Waals surface area contributed by atoms with Crippen LogP contribution >= 0.6 is 0 Å². The van der Waals surface area contributed by atoms with Crippen LogP contribution in [0.5, 0.6) is 0 Å². The number of nitrogens with zero attached hydrogens (tertiary/aromatic N) is 1. The number of ether oxygens (including phenoxy) is 2. The van der Waals surface area contributed by atoms with Crippen molar-refractivity contribution < 1.29 is 33.8 Å². The fraction of sp³-hybridized carbons (Fsp3) is 0.444. The molecule has 0 aromatic heterocycles. The molecule has 10 heteroatoms. The van der Waals surface area contributed by atoms with Crippen LogP contribution in [0, 0.1) is 5.92 Å². The lowest BCUT2D eigenvalue weighted by atomic mass is 9.98. The standard InChI is InChI=1S/C36H45N3O7/c1-4-6-18-32(38-36(44)45-23-31-29-16-9-7-14-27(29)28-15-8-10-17-30(28)31)35(43)46-24(3)21-37-34(42)25(12-5-2)20-33(41)39-19-11-13-26(39)22-40/h4-5,7-10,14-17,24-26,31-32,40H,1-2,6,11-13,18-23H2,3H3,(H,37,42)(H,38,44)/t24-,25+,26-,32-/m0/s1. The molecule has 4 atom stereocenters. The summed E-state index contributed by atoms with van der Waals surface area (Å²) in [4.78, 5) is 53.4. The zero-order chi connectivity index (χ0) is 33.1. The molecule has 0 saturated carbocycles. The van der Waals surface area contributed by atoms with E-state index < -0.39 is 30.1 Å². The first-order valence-electron chi connectivity index (χ1n) is 16.0. The second-order valence-corrected chi connectivity index (χ2v) is 11.9. The lowest BCUT2D eigenvalue weighted by Crippen LogP contribution is -2.45. The summed E-state index contributed by atoms with van der Waals surface area (Å²) in [5, 5.41) is 15.0. The van der Waals surface area contributed by atoms with Gasteiger partial charge in [0.2, 0.25) is 11.8 Å². The van der Waals surface area contributed by atoms with Gasteiger partial charge in [-0.25, -0.2) is 9.59 Å². The van der Waals surface area contributed by atoms with Crippen molar-refractivity contribution in [2.45, 2.75) is 69.6 Å². The highest BCUT2D eigenvalue weighted by atomic mass is 16.6. The molecular formula is C36H45N3O7. The van der Waals surface area contributed by atoms with Gasteiger partial charge in [0.1, 0.15) is 18.8 Å². The highest BCUT2D eigenvalue weighted by Gasteiger charge is 2.32. The summed E-state index contributed by atoms with van der Waals surface area (Å²) in [7, 11) is 0. The molecule has 4 rings (SSSR count). The van der Waals surface area contributed by atoms with Gasteiger partial charge in [-0.05, 0) is 61.3 Å². The van der Waals surface area contributed by atoms with Crippen molar-refractivity contribution in [3.8, 4) is 11.1 Å². The van der Waals surface area contributed by atoms with Crippen LogP contribution in [-0.4, -0.2) is 78.4 Å². The number of hydrogen-bond acceptors (Lipinski definition) is 7. The molecule has 1 heterocycles. The summed E-state index contributed by atoms with van der Waals surface area (Å²) >= 11 is 0. The van der Waals surface area contributed by atoms with Crippen molar-refractivity contribution in [1.82, 2.24) is 15.5 Å². The Balaban J connectivity index is 1.28. The zero-order valence-electron chi connectivity index (χ0n) is 26.5. The predicted molar refractivity (Wildman–Crippen MR) is 175 cm³/mol. The van der Waals surface area contributed by atoms with E-state index in [0.29, 0.717) is 19.4 Å². The number of nitrogens with one attached hydrogen (secondary N) is 2. The van der Waals surface area contributed by atoms with E-state index in [2.05, 4.69) is 35.9 Å². The van der Waals surface area contributed by atoms with Gasteiger partial charge in [0.15, 0.2) is 0 Å². The van der Waals surface area contributed by atoms with E-state index in [4.69, 9.17) is 9.47 Å². The number of hydrogen-bond donors (Lipinski definition) is 3. The Morgan fingerprint density at radius 1 is 1.04 bits per heavy atom. The minimum atomic E-state index is -0.974. The lowest BCUT2D eigenvalue weighted by molar-refractivity contribution is -0.151.